The standard InChI is InChI=1S/C22H18F3N5O/c1-12-3-5-14(6-4-12)17-9-16(10-18-20(17)29-30-28-18)21(31)27-13(2)15-7-8-19(26-11-15)22(23,24)25/h3-11,13H,1-2H3,(H,27,31)(H,28,29,30)/t13-/m1/s1. The molecule has 0 saturated heterocycles. The van der Waals surface area contributed by atoms with Gasteiger partial charge in [-0.05, 0) is 43.2 Å². The second kappa shape index (κ2) is 7.82. The van der Waals surface area contributed by atoms with Crippen molar-refractivity contribution >= 4 is 16.9 Å². The van der Waals surface area contributed by atoms with Crippen LogP contribution in [0.3, 0.4) is 0 Å². The summed E-state index contributed by atoms with van der Waals surface area (Å²) in [5.74, 6) is -0.384. The zero-order chi connectivity index (χ0) is 22.2. The molecule has 0 aliphatic carbocycles. The summed E-state index contributed by atoms with van der Waals surface area (Å²) in [6.45, 7) is 3.66. The van der Waals surface area contributed by atoms with Crippen molar-refractivity contribution < 1.29 is 18.0 Å². The molecular weight excluding hydrogens is 407 g/mol. The molecule has 0 saturated carbocycles. The van der Waals surface area contributed by atoms with Crippen LogP contribution in [0.5, 0.6) is 0 Å². The van der Waals surface area contributed by atoms with Gasteiger partial charge in [-0.15, -0.1) is 0 Å². The van der Waals surface area contributed by atoms with Crippen LogP contribution in [0.2, 0.25) is 0 Å². The number of hydrogen-bond donors (Lipinski definition) is 2. The number of aromatic nitrogens is 4. The van der Waals surface area contributed by atoms with E-state index in [4.69, 9.17) is 0 Å². The van der Waals surface area contributed by atoms with E-state index in [2.05, 4.69) is 25.7 Å². The van der Waals surface area contributed by atoms with Crippen LogP contribution in [0.15, 0.2) is 54.7 Å². The van der Waals surface area contributed by atoms with Crippen molar-refractivity contribution in [2.75, 3.05) is 0 Å². The Labute approximate surface area is 175 Å². The summed E-state index contributed by atoms with van der Waals surface area (Å²) < 4.78 is 38.1. The Hall–Kier alpha value is -3.75. The van der Waals surface area contributed by atoms with E-state index in [1.165, 1.54) is 6.07 Å². The second-order valence-electron chi connectivity index (χ2n) is 7.25. The molecule has 0 aliphatic heterocycles. The molecule has 4 aromatic rings. The molecule has 2 aromatic heterocycles. The van der Waals surface area contributed by atoms with E-state index < -0.39 is 17.9 Å². The van der Waals surface area contributed by atoms with Crippen LogP contribution in [0.1, 0.15) is 40.1 Å². The molecule has 2 N–H and O–H groups in total. The lowest BCUT2D eigenvalue weighted by Gasteiger charge is -2.15. The van der Waals surface area contributed by atoms with Gasteiger partial charge in [0.05, 0.1) is 6.04 Å². The van der Waals surface area contributed by atoms with Crippen LogP contribution in [0, 0.1) is 6.92 Å². The summed E-state index contributed by atoms with van der Waals surface area (Å²) in [5.41, 5.74) is 3.76. The predicted octanol–water partition coefficient (Wildman–Crippen LogP) is 4.84. The average molecular weight is 425 g/mol. The molecule has 0 radical (unpaired) electrons. The van der Waals surface area contributed by atoms with Crippen molar-refractivity contribution in [2.45, 2.75) is 26.1 Å². The minimum Gasteiger partial charge on any atom is -0.345 e. The number of aromatic amines is 1. The maximum Gasteiger partial charge on any atom is 0.433 e. The molecule has 0 spiro atoms. The van der Waals surface area contributed by atoms with Crippen LogP contribution in [-0.2, 0) is 6.18 Å². The number of carbonyl (C=O) groups is 1. The molecule has 2 aromatic carbocycles. The number of benzene rings is 2. The number of H-pyrrole nitrogens is 1. The van der Waals surface area contributed by atoms with Crippen LogP contribution < -0.4 is 5.32 Å². The molecule has 9 heteroatoms. The van der Waals surface area contributed by atoms with Gasteiger partial charge < -0.3 is 5.32 Å². The van der Waals surface area contributed by atoms with Gasteiger partial charge in [0.2, 0.25) is 0 Å². The Kier molecular flexibility index (Phi) is 5.18. The van der Waals surface area contributed by atoms with Crippen molar-refractivity contribution in [2.24, 2.45) is 0 Å². The van der Waals surface area contributed by atoms with Crippen LogP contribution >= 0.6 is 0 Å². The first kappa shape index (κ1) is 20.5. The fourth-order valence-electron chi connectivity index (χ4n) is 3.23. The van der Waals surface area contributed by atoms with Crippen molar-refractivity contribution in [1.82, 2.24) is 25.7 Å². The number of nitrogens with zero attached hydrogens (tertiary/aromatic N) is 3. The number of pyridine rings is 1. The number of aryl methyl sites for hydroxylation is 1. The summed E-state index contributed by atoms with van der Waals surface area (Å²) in [7, 11) is 0. The molecule has 4 rings (SSSR count). The highest BCUT2D eigenvalue weighted by Gasteiger charge is 2.32. The highest BCUT2D eigenvalue weighted by Crippen LogP contribution is 2.29. The number of carbonyl (C=O) groups excluding carboxylic acids is 1. The third-order valence-electron chi connectivity index (χ3n) is 4.97. The lowest BCUT2D eigenvalue weighted by molar-refractivity contribution is -0.141. The molecular formula is C22H18F3N5O. The Morgan fingerprint density at radius 2 is 1.81 bits per heavy atom. The minimum atomic E-state index is -4.51. The second-order valence-corrected chi connectivity index (χ2v) is 7.25. The largest absolute Gasteiger partial charge is 0.433 e. The lowest BCUT2D eigenvalue weighted by atomic mass is 9.99. The summed E-state index contributed by atoms with van der Waals surface area (Å²) >= 11 is 0. The van der Waals surface area contributed by atoms with E-state index >= 15 is 0 Å². The SMILES string of the molecule is Cc1ccc(-c2cc(C(=O)N[C@H](C)c3ccc(C(F)(F)F)nc3)cc3n[nH]nc23)cc1. The predicted molar refractivity (Wildman–Crippen MR) is 109 cm³/mol. The van der Waals surface area contributed by atoms with Crippen molar-refractivity contribution in [1.29, 1.82) is 0 Å². The Morgan fingerprint density at radius 1 is 1.06 bits per heavy atom. The maximum absolute atomic E-state index is 12.9. The fraction of sp³-hybridized carbons (Fsp3) is 0.182. The molecule has 0 aliphatic rings. The first-order chi connectivity index (χ1) is 14.7. The molecule has 6 nitrogen and oxygen atoms in total. The number of halogens is 3. The van der Waals surface area contributed by atoms with E-state index in [-0.39, 0.29) is 5.91 Å². The summed E-state index contributed by atoms with van der Waals surface area (Å²) in [6, 6.07) is 12.8. The van der Waals surface area contributed by atoms with E-state index in [0.717, 1.165) is 29.0 Å². The van der Waals surface area contributed by atoms with E-state index in [1.807, 2.05) is 31.2 Å². The van der Waals surface area contributed by atoms with Gasteiger partial charge in [0.25, 0.3) is 5.91 Å². The van der Waals surface area contributed by atoms with Gasteiger partial charge >= 0.3 is 6.18 Å². The monoisotopic (exact) mass is 425 g/mol. The molecule has 158 valence electrons. The topological polar surface area (TPSA) is 83.6 Å². The highest BCUT2D eigenvalue weighted by atomic mass is 19.4. The Morgan fingerprint density at radius 3 is 2.45 bits per heavy atom. The van der Waals surface area contributed by atoms with Crippen molar-refractivity contribution in [3.05, 3.63) is 77.1 Å². The van der Waals surface area contributed by atoms with Crippen molar-refractivity contribution in [3.8, 4) is 11.1 Å². The smallest absolute Gasteiger partial charge is 0.345 e. The van der Waals surface area contributed by atoms with Crippen molar-refractivity contribution in [3.63, 3.8) is 0 Å². The quantitative estimate of drug-likeness (QED) is 0.490. The van der Waals surface area contributed by atoms with Gasteiger partial charge in [0.15, 0.2) is 0 Å². The number of fused-ring (bicyclic) bond motifs is 1. The number of nitrogens with one attached hydrogen (secondary N) is 2. The van der Waals surface area contributed by atoms with Gasteiger partial charge in [0.1, 0.15) is 16.7 Å². The van der Waals surface area contributed by atoms with E-state index in [9.17, 15) is 18.0 Å². The van der Waals surface area contributed by atoms with Crippen LogP contribution in [0.4, 0.5) is 13.2 Å². The van der Waals surface area contributed by atoms with E-state index in [0.29, 0.717) is 22.2 Å². The lowest BCUT2D eigenvalue weighted by Crippen LogP contribution is -2.27. The van der Waals surface area contributed by atoms with Crippen LogP contribution in [-0.4, -0.2) is 26.3 Å². The van der Waals surface area contributed by atoms with Gasteiger partial charge in [0, 0.05) is 17.3 Å². The fourth-order valence-corrected chi connectivity index (χ4v) is 3.23. The molecule has 0 fully saturated rings. The number of amides is 1. The normalized spacial score (nSPS) is 12.7. The molecule has 0 unspecified atom stereocenters. The first-order valence-corrected chi connectivity index (χ1v) is 9.48. The van der Waals surface area contributed by atoms with Gasteiger partial charge in [-0.1, -0.05) is 35.9 Å². The highest BCUT2D eigenvalue weighted by molar-refractivity contribution is 6.02. The summed E-state index contributed by atoms with van der Waals surface area (Å²) in [6.07, 6.45) is -3.39. The number of alkyl halides is 3. The minimum absolute atomic E-state index is 0.365. The third kappa shape index (κ3) is 4.25. The van der Waals surface area contributed by atoms with E-state index in [1.54, 1.807) is 19.1 Å². The average Bonchev–Trinajstić information content (AvgIpc) is 3.22. The molecule has 31 heavy (non-hydrogen) atoms. The van der Waals surface area contributed by atoms with Gasteiger partial charge in [-0.2, -0.15) is 28.6 Å². The number of rotatable bonds is 4. The number of hydrogen-bond acceptors (Lipinski definition) is 4. The zero-order valence-electron chi connectivity index (χ0n) is 16.7. The first-order valence-electron chi connectivity index (χ1n) is 9.48. The molecule has 1 amide bonds. The summed E-state index contributed by atoms with van der Waals surface area (Å²) in [5, 5.41) is 13.7. The van der Waals surface area contributed by atoms with Crippen LogP contribution in [0.25, 0.3) is 22.2 Å². The summed E-state index contributed by atoms with van der Waals surface area (Å²) in [4.78, 5) is 16.3. The Balaban J connectivity index is 1.61. The molecule has 1 atom stereocenters. The third-order valence-corrected chi connectivity index (χ3v) is 4.97. The maximum atomic E-state index is 12.9. The van der Waals surface area contributed by atoms with Gasteiger partial charge in [-0.3, -0.25) is 9.78 Å². The zero-order valence-corrected chi connectivity index (χ0v) is 16.7. The molecule has 2 heterocycles. The Bertz CT molecular complexity index is 1230. The van der Waals surface area contributed by atoms with Gasteiger partial charge in [-0.25, -0.2) is 0 Å². The molecule has 0 bridgehead atoms.